The highest BCUT2D eigenvalue weighted by Gasteiger charge is 2.53. The maximum Gasteiger partial charge on any atom is 0.303 e. The minimum atomic E-state index is -2.38. The molecule has 0 unspecified atom stereocenters. The summed E-state index contributed by atoms with van der Waals surface area (Å²) in [5, 5.41) is 136. The molecule has 2 aliphatic rings. The molecule has 0 aromatic carbocycles. The molecule has 0 saturated carbocycles. The van der Waals surface area contributed by atoms with E-state index < -0.39 is 112 Å². The lowest BCUT2D eigenvalue weighted by Gasteiger charge is -2.47. The molecular weight excluding hydrogens is 556 g/mol. The van der Waals surface area contributed by atoms with Crippen molar-refractivity contribution in [2.24, 2.45) is 0 Å². The molecular formula is C21H42O19. The molecule has 2 heterocycles. The van der Waals surface area contributed by atoms with E-state index in [0.29, 0.717) is 6.42 Å². The van der Waals surface area contributed by atoms with E-state index in [2.05, 4.69) is 0 Å². The van der Waals surface area contributed by atoms with Crippen molar-refractivity contribution in [1.82, 2.24) is 0 Å². The van der Waals surface area contributed by atoms with Crippen LogP contribution in [0.1, 0.15) is 12.8 Å². The third-order valence-corrected chi connectivity index (χ3v) is 5.72. The molecule has 0 aromatic rings. The molecule has 2 saturated heterocycles. The maximum atomic E-state index is 10.1. The van der Waals surface area contributed by atoms with Crippen LogP contribution in [0, 0.1) is 0 Å². The van der Waals surface area contributed by atoms with Crippen LogP contribution in [-0.2, 0) is 19.0 Å². The van der Waals surface area contributed by atoms with Gasteiger partial charge in [-0.15, -0.1) is 0 Å². The number of hydrogen-bond acceptors (Lipinski definition) is 18. The number of carboxylic acid groups (broad SMARTS) is 1. The Hall–Kier alpha value is -1.21. The molecule has 40 heavy (non-hydrogen) atoms. The van der Waals surface area contributed by atoms with Gasteiger partial charge >= 0.3 is 5.97 Å². The summed E-state index contributed by atoms with van der Waals surface area (Å²) in [7, 11) is 0. The summed E-state index contributed by atoms with van der Waals surface area (Å²) < 4.78 is 15.1. The van der Waals surface area contributed by atoms with Crippen molar-refractivity contribution in [3.8, 4) is 0 Å². The first-order valence-corrected chi connectivity index (χ1v) is 12.0. The van der Waals surface area contributed by atoms with E-state index in [4.69, 9.17) is 55.1 Å². The van der Waals surface area contributed by atoms with Gasteiger partial charge in [-0.1, -0.05) is 0 Å². The zero-order valence-corrected chi connectivity index (χ0v) is 21.3. The van der Waals surface area contributed by atoms with Crippen molar-refractivity contribution in [1.29, 1.82) is 0 Å². The summed E-state index contributed by atoms with van der Waals surface area (Å²) in [5.41, 5.74) is 0. The second-order valence-electron chi connectivity index (χ2n) is 8.84. The first-order valence-electron chi connectivity index (χ1n) is 12.0. The fourth-order valence-electron chi connectivity index (χ4n) is 3.23. The number of ether oxygens (including phenoxy) is 3. The predicted octanol–water partition coefficient (Wildman–Crippen LogP) is -8.50. The third-order valence-electron chi connectivity index (χ3n) is 5.72. The minimum absolute atomic E-state index is 0.0354. The Morgan fingerprint density at radius 1 is 0.875 bits per heavy atom. The van der Waals surface area contributed by atoms with Crippen molar-refractivity contribution in [2.75, 3.05) is 39.6 Å². The van der Waals surface area contributed by atoms with Crippen molar-refractivity contribution in [3.05, 3.63) is 0 Å². The largest absolute Gasteiger partial charge is 0.481 e. The first-order chi connectivity index (χ1) is 18.6. The second-order valence-corrected chi connectivity index (χ2v) is 8.84. The van der Waals surface area contributed by atoms with Gasteiger partial charge in [0.15, 0.2) is 6.29 Å². The highest BCUT2D eigenvalue weighted by atomic mass is 16.7. The predicted molar refractivity (Wildman–Crippen MR) is 125 cm³/mol. The van der Waals surface area contributed by atoms with E-state index in [1.165, 1.54) is 0 Å². The van der Waals surface area contributed by atoms with E-state index in [9.17, 15) is 40.5 Å². The Labute approximate surface area is 227 Å². The van der Waals surface area contributed by atoms with Gasteiger partial charge in [0.1, 0.15) is 61.0 Å². The minimum Gasteiger partial charge on any atom is -0.481 e. The SMILES string of the molecule is O=C(O)CCCO.OC[C@@H](O)[C@H](O)[C@@H](O)CO.OC[C@H]1O[C@H](O[C@H]2[C@H](O)[C@H](O)CO[C@@]2(O)CO)[C@H](O)[C@@H](O)[C@@H]1O. The number of carboxylic acids is 1. The zero-order valence-electron chi connectivity index (χ0n) is 21.3. The Bertz CT molecular complexity index is 674. The molecule has 19 heteroatoms. The lowest BCUT2D eigenvalue weighted by molar-refractivity contribution is -0.387. The van der Waals surface area contributed by atoms with E-state index in [1.807, 2.05) is 0 Å². The van der Waals surface area contributed by atoms with Gasteiger partial charge in [-0.3, -0.25) is 4.79 Å². The fourth-order valence-corrected chi connectivity index (χ4v) is 3.23. The van der Waals surface area contributed by atoms with Gasteiger partial charge in [0, 0.05) is 13.0 Å². The highest BCUT2D eigenvalue weighted by molar-refractivity contribution is 5.66. The third kappa shape index (κ3) is 11.6. The van der Waals surface area contributed by atoms with Crippen molar-refractivity contribution >= 4 is 5.97 Å². The van der Waals surface area contributed by atoms with Gasteiger partial charge in [-0.05, 0) is 6.42 Å². The molecule has 15 N–H and O–H groups in total. The standard InChI is InChI=1S/C12H22O11.C5H12O5.C4H8O3/c13-1-5-7(17)8(18)9(19)11(22-5)23-10-6(16)4(15)2-21-12(10,20)3-14;6-1-3(8)5(10)4(9)2-7;5-3-1-2-4(6)7/h4-11,13-20H,1-3H2;3-10H,1-2H2;5H,1-3H2,(H,6,7)/t4-,5-,6-,7-,8+,9-,10+,11-,12+;3-,4+,5+;/m1../s1. The topological polar surface area (TPSA) is 348 Å². The summed E-state index contributed by atoms with van der Waals surface area (Å²) >= 11 is 0. The van der Waals surface area contributed by atoms with Gasteiger partial charge in [0.05, 0.1) is 33.0 Å². The summed E-state index contributed by atoms with van der Waals surface area (Å²) in [6.45, 7) is -3.46. The van der Waals surface area contributed by atoms with Gasteiger partial charge in [-0.2, -0.15) is 0 Å². The Morgan fingerprint density at radius 2 is 1.43 bits per heavy atom. The number of aliphatic hydroxyl groups is 14. The van der Waals surface area contributed by atoms with Crippen LogP contribution in [0.5, 0.6) is 0 Å². The Morgan fingerprint density at radius 3 is 1.82 bits per heavy atom. The summed E-state index contributed by atoms with van der Waals surface area (Å²) in [4.78, 5) is 9.65. The van der Waals surface area contributed by atoms with Crippen molar-refractivity contribution < 1.29 is 95.6 Å². The van der Waals surface area contributed by atoms with Gasteiger partial charge < -0.3 is 90.8 Å². The smallest absolute Gasteiger partial charge is 0.303 e. The number of rotatable bonds is 11. The Kier molecular flexibility index (Phi) is 18.5. The molecule has 0 spiro atoms. The summed E-state index contributed by atoms with van der Waals surface area (Å²) in [6, 6.07) is 0. The molecule has 12 atom stereocenters. The summed E-state index contributed by atoms with van der Waals surface area (Å²) in [6.07, 6.45) is -16.7. The average Bonchev–Trinajstić information content (AvgIpc) is 2.95. The fraction of sp³-hybridized carbons (Fsp3) is 0.952. The molecule has 0 radical (unpaired) electrons. The molecule has 0 amide bonds. The van der Waals surface area contributed by atoms with Crippen molar-refractivity contribution in [3.63, 3.8) is 0 Å². The van der Waals surface area contributed by atoms with E-state index >= 15 is 0 Å². The van der Waals surface area contributed by atoms with E-state index in [1.54, 1.807) is 0 Å². The monoisotopic (exact) mass is 598 g/mol. The number of aliphatic hydroxyl groups excluding tert-OH is 13. The van der Waals surface area contributed by atoms with Gasteiger partial charge in [0.25, 0.3) is 0 Å². The quantitative estimate of drug-likeness (QED) is 0.105. The highest BCUT2D eigenvalue weighted by Crippen LogP contribution is 2.31. The van der Waals surface area contributed by atoms with E-state index in [0.717, 1.165) is 0 Å². The van der Waals surface area contributed by atoms with Crippen LogP contribution in [0.15, 0.2) is 0 Å². The molecule has 2 rings (SSSR count). The van der Waals surface area contributed by atoms with E-state index in [-0.39, 0.29) is 13.0 Å². The maximum absolute atomic E-state index is 10.1. The molecule has 2 aliphatic heterocycles. The van der Waals surface area contributed by atoms with Gasteiger partial charge in [-0.25, -0.2) is 0 Å². The molecule has 2 fully saturated rings. The Balaban J connectivity index is 0.000000738. The van der Waals surface area contributed by atoms with Crippen LogP contribution in [-0.4, -0.2) is 195 Å². The molecule has 0 aliphatic carbocycles. The van der Waals surface area contributed by atoms with Crippen LogP contribution in [0.3, 0.4) is 0 Å². The molecule has 19 nitrogen and oxygen atoms in total. The first kappa shape index (κ1) is 38.8. The molecule has 0 bridgehead atoms. The van der Waals surface area contributed by atoms with Crippen LogP contribution in [0.4, 0.5) is 0 Å². The number of hydrogen-bond donors (Lipinski definition) is 15. The lowest BCUT2D eigenvalue weighted by atomic mass is 9.96. The molecule has 240 valence electrons. The van der Waals surface area contributed by atoms with Crippen LogP contribution < -0.4 is 0 Å². The average molecular weight is 599 g/mol. The van der Waals surface area contributed by atoms with Crippen LogP contribution in [0.2, 0.25) is 0 Å². The second kappa shape index (κ2) is 19.1. The van der Waals surface area contributed by atoms with Crippen molar-refractivity contribution in [2.45, 2.75) is 86.0 Å². The summed E-state index contributed by atoms with van der Waals surface area (Å²) in [5.74, 6) is -3.23. The number of aliphatic carboxylic acids is 1. The van der Waals surface area contributed by atoms with Crippen LogP contribution >= 0.6 is 0 Å². The lowest BCUT2D eigenvalue weighted by Crippen LogP contribution is -2.67. The van der Waals surface area contributed by atoms with Crippen LogP contribution in [0.25, 0.3) is 0 Å². The normalized spacial score (nSPS) is 36.2. The van der Waals surface area contributed by atoms with Gasteiger partial charge in [0.2, 0.25) is 5.79 Å². The molecule has 0 aromatic heterocycles. The number of carbonyl (C=O) groups is 1. The zero-order chi connectivity index (χ0) is 31.2.